The van der Waals surface area contributed by atoms with E-state index in [9.17, 15) is 4.79 Å². The molecule has 0 bridgehead atoms. The van der Waals surface area contributed by atoms with Crippen LogP contribution in [0.2, 0.25) is 0 Å². The molecule has 0 spiro atoms. The van der Waals surface area contributed by atoms with E-state index >= 15 is 0 Å². The fraction of sp³-hybridized carbons (Fsp3) is 0.429. The Morgan fingerprint density at radius 1 is 1.70 bits per heavy atom. The van der Waals surface area contributed by atoms with E-state index in [1.807, 2.05) is 13.8 Å². The quantitative estimate of drug-likeness (QED) is 0.568. The number of aromatic nitrogens is 2. The number of hydrogen-bond donors (Lipinski definition) is 0. The van der Waals surface area contributed by atoms with Crippen LogP contribution in [0, 0.1) is 6.20 Å². The Bertz CT molecular complexity index is 264. The van der Waals surface area contributed by atoms with Crippen molar-refractivity contribution < 1.29 is 0 Å². The van der Waals surface area contributed by atoms with Gasteiger partial charge in [-0.05, 0) is 19.9 Å². The van der Waals surface area contributed by atoms with Gasteiger partial charge >= 0.3 is 0 Å². The average molecular weight is 137 g/mol. The lowest BCUT2D eigenvalue weighted by atomic mass is 10.4. The van der Waals surface area contributed by atoms with Crippen LogP contribution in [0.15, 0.2) is 16.9 Å². The summed E-state index contributed by atoms with van der Waals surface area (Å²) in [7, 11) is 0. The zero-order valence-electron chi connectivity index (χ0n) is 6.03. The zero-order chi connectivity index (χ0) is 7.56. The lowest BCUT2D eigenvalue weighted by molar-refractivity contribution is 0.501. The Balaban J connectivity index is 3.16. The summed E-state index contributed by atoms with van der Waals surface area (Å²) >= 11 is 0. The molecule has 1 aromatic rings. The van der Waals surface area contributed by atoms with Crippen LogP contribution < -0.4 is 5.56 Å². The Morgan fingerprint density at radius 2 is 2.40 bits per heavy atom. The van der Waals surface area contributed by atoms with Crippen LogP contribution in [-0.4, -0.2) is 9.78 Å². The molecule has 0 aliphatic carbocycles. The Kier molecular flexibility index (Phi) is 1.85. The van der Waals surface area contributed by atoms with Gasteiger partial charge in [-0.1, -0.05) is 0 Å². The maximum Gasteiger partial charge on any atom is 0.267 e. The van der Waals surface area contributed by atoms with Crippen molar-refractivity contribution in [1.82, 2.24) is 9.78 Å². The Labute approximate surface area is 59.3 Å². The van der Waals surface area contributed by atoms with Crippen LogP contribution in [-0.2, 0) is 0 Å². The molecule has 10 heavy (non-hydrogen) atoms. The van der Waals surface area contributed by atoms with E-state index < -0.39 is 0 Å². The molecule has 1 aromatic heterocycles. The second-order valence-corrected chi connectivity index (χ2v) is 2.34. The van der Waals surface area contributed by atoms with Crippen molar-refractivity contribution in [3.63, 3.8) is 0 Å². The third-order valence-corrected chi connectivity index (χ3v) is 1.18. The van der Waals surface area contributed by atoms with Crippen molar-refractivity contribution in [2.75, 3.05) is 0 Å². The predicted octanol–water partition coefficient (Wildman–Crippen LogP) is 0.624. The normalized spacial score (nSPS) is 10.3. The number of hydrogen-bond acceptors (Lipinski definition) is 2. The van der Waals surface area contributed by atoms with Crippen LogP contribution in [0.3, 0.4) is 0 Å². The largest absolute Gasteiger partial charge is 0.268 e. The number of rotatable bonds is 1. The molecule has 0 aliphatic rings. The molecule has 0 fully saturated rings. The van der Waals surface area contributed by atoms with Crippen LogP contribution >= 0.6 is 0 Å². The van der Waals surface area contributed by atoms with E-state index in [4.69, 9.17) is 0 Å². The summed E-state index contributed by atoms with van der Waals surface area (Å²) in [5.41, 5.74) is -0.0752. The lowest BCUT2D eigenvalue weighted by Crippen LogP contribution is -2.22. The van der Waals surface area contributed by atoms with Crippen molar-refractivity contribution in [3.8, 4) is 0 Å². The molecule has 3 nitrogen and oxygen atoms in total. The van der Waals surface area contributed by atoms with Gasteiger partial charge in [-0.2, -0.15) is 5.10 Å². The lowest BCUT2D eigenvalue weighted by Gasteiger charge is -2.04. The third-order valence-electron chi connectivity index (χ3n) is 1.18. The van der Waals surface area contributed by atoms with Gasteiger partial charge in [0.1, 0.15) is 6.20 Å². The maximum atomic E-state index is 10.9. The van der Waals surface area contributed by atoms with E-state index in [1.54, 1.807) is 0 Å². The fourth-order valence-electron chi connectivity index (χ4n) is 0.700. The van der Waals surface area contributed by atoms with Crippen molar-refractivity contribution in [2.24, 2.45) is 0 Å². The first kappa shape index (κ1) is 6.99. The summed E-state index contributed by atoms with van der Waals surface area (Å²) in [6.07, 6.45) is 2.60. The van der Waals surface area contributed by atoms with E-state index in [2.05, 4.69) is 11.3 Å². The summed E-state index contributed by atoms with van der Waals surface area (Å²) in [5.74, 6) is 0. The molecular weight excluding hydrogens is 128 g/mol. The van der Waals surface area contributed by atoms with Gasteiger partial charge in [0.15, 0.2) is 0 Å². The van der Waals surface area contributed by atoms with Gasteiger partial charge in [0.05, 0.1) is 6.04 Å². The minimum absolute atomic E-state index is 0.0752. The van der Waals surface area contributed by atoms with Gasteiger partial charge in [-0.3, -0.25) is 4.79 Å². The SMILES string of the molecule is CC(C)n1n[c]ccc1=O. The molecule has 0 aromatic carbocycles. The predicted molar refractivity (Wildman–Crippen MR) is 37.7 cm³/mol. The van der Waals surface area contributed by atoms with Crippen LogP contribution in [0.5, 0.6) is 0 Å². The summed E-state index contributed by atoms with van der Waals surface area (Å²) in [4.78, 5) is 10.9. The second kappa shape index (κ2) is 2.64. The minimum atomic E-state index is -0.0752. The molecule has 0 unspecified atom stereocenters. The smallest absolute Gasteiger partial charge is 0.267 e. The molecule has 0 N–H and O–H groups in total. The molecule has 1 heterocycles. The first-order chi connectivity index (χ1) is 4.72. The highest BCUT2D eigenvalue weighted by Gasteiger charge is 1.97. The molecule has 0 amide bonds. The highest BCUT2D eigenvalue weighted by Crippen LogP contribution is 1.93. The van der Waals surface area contributed by atoms with E-state index in [0.717, 1.165) is 0 Å². The molecule has 3 heteroatoms. The highest BCUT2D eigenvalue weighted by atomic mass is 16.1. The minimum Gasteiger partial charge on any atom is -0.268 e. The van der Waals surface area contributed by atoms with E-state index in [0.29, 0.717) is 0 Å². The molecular formula is C7H9N2O. The average Bonchev–Trinajstić information content (AvgIpc) is 1.88. The first-order valence-electron chi connectivity index (χ1n) is 3.17. The van der Waals surface area contributed by atoms with Gasteiger partial charge in [-0.25, -0.2) is 4.68 Å². The van der Waals surface area contributed by atoms with Crippen LogP contribution in [0.4, 0.5) is 0 Å². The van der Waals surface area contributed by atoms with Crippen molar-refractivity contribution in [2.45, 2.75) is 19.9 Å². The Morgan fingerprint density at radius 3 is 2.80 bits per heavy atom. The monoisotopic (exact) mass is 137 g/mol. The summed E-state index contributed by atoms with van der Waals surface area (Å²) in [5, 5.41) is 3.76. The maximum absolute atomic E-state index is 10.9. The fourth-order valence-corrected chi connectivity index (χ4v) is 0.700. The van der Waals surface area contributed by atoms with Gasteiger partial charge < -0.3 is 0 Å². The number of nitrogens with zero attached hydrogens (tertiary/aromatic N) is 2. The van der Waals surface area contributed by atoms with Crippen LogP contribution in [0.1, 0.15) is 19.9 Å². The zero-order valence-corrected chi connectivity index (χ0v) is 6.03. The standard InChI is InChI=1S/C7H9N2O/c1-6(2)9-7(10)4-3-5-8-9/h3-4,6H,1-2H3. The van der Waals surface area contributed by atoms with E-state index in [-0.39, 0.29) is 11.6 Å². The second-order valence-electron chi connectivity index (χ2n) is 2.34. The van der Waals surface area contributed by atoms with Gasteiger partial charge in [0, 0.05) is 6.07 Å². The molecule has 53 valence electrons. The van der Waals surface area contributed by atoms with Crippen molar-refractivity contribution in [3.05, 3.63) is 28.7 Å². The summed E-state index contributed by atoms with van der Waals surface area (Å²) in [6, 6.07) is 3.08. The molecule has 0 aliphatic heterocycles. The summed E-state index contributed by atoms with van der Waals surface area (Å²) < 4.78 is 1.39. The Hall–Kier alpha value is -1.12. The molecule has 1 radical (unpaired) electrons. The molecule has 0 saturated heterocycles. The topological polar surface area (TPSA) is 34.9 Å². The van der Waals surface area contributed by atoms with Gasteiger partial charge in [0.25, 0.3) is 5.56 Å². The van der Waals surface area contributed by atoms with Gasteiger partial charge in [-0.15, -0.1) is 0 Å². The van der Waals surface area contributed by atoms with Gasteiger partial charge in [0.2, 0.25) is 0 Å². The molecule has 1 rings (SSSR count). The molecule has 0 saturated carbocycles. The molecule has 0 atom stereocenters. The highest BCUT2D eigenvalue weighted by molar-refractivity contribution is 4.84. The van der Waals surface area contributed by atoms with Crippen LogP contribution in [0.25, 0.3) is 0 Å². The van der Waals surface area contributed by atoms with E-state index in [1.165, 1.54) is 16.8 Å². The van der Waals surface area contributed by atoms with Crippen molar-refractivity contribution in [1.29, 1.82) is 0 Å². The van der Waals surface area contributed by atoms with Crippen molar-refractivity contribution >= 4 is 0 Å². The first-order valence-corrected chi connectivity index (χ1v) is 3.17. The summed E-state index contributed by atoms with van der Waals surface area (Å²) in [6.45, 7) is 3.81. The third kappa shape index (κ3) is 1.23.